The lowest BCUT2D eigenvalue weighted by Gasteiger charge is -2.62. The summed E-state index contributed by atoms with van der Waals surface area (Å²) in [4.78, 5) is 5.02. The number of benzene rings is 12. The predicted molar refractivity (Wildman–Crippen MR) is 324 cm³/mol. The summed E-state index contributed by atoms with van der Waals surface area (Å²) in [6.07, 6.45) is 0. The van der Waals surface area contributed by atoms with Crippen molar-refractivity contribution >= 4 is 77.2 Å². The van der Waals surface area contributed by atoms with E-state index in [1.54, 1.807) is 0 Å². The van der Waals surface area contributed by atoms with Crippen LogP contribution in [-0.4, -0.2) is 0 Å². The third-order valence-electron chi connectivity index (χ3n) is 17.4. The van der Waals surface area contributed by atoms with E-state index in [-0.39, 0.29) is 0 Å². The van der Waals surface area contributed by atoms with Crippen LogP contribution in [0, 0.1) is 10.8 Å². The fraction of sp³-hybridized carbons (Fsp3) is 0.135. The van der Waals surface area contributed by atoms with Gasteiger partial charge in [-0.2, -0.15) is 0 Å². The molecule has 0 fully saturated rings. The molecular weight excluding hydrogens is 917 g/mol. The quantitative estimate of drug-likeness (QED) is 0.157. The molecule has 12 aromatic rings. The van der Waals surface area contributed by atoms with Gasteiger partial charge in [-0.15, -0.1) is 0 Å². The van der Waals surface area contributed by atoms with Crippen molar-refractivity contribution in [1.29, 1.82) is 0 Å². The summed E-state index contributed by atoms with van der Waals surface area (Å²) in [5.74, 6) is 0. The molecule has 2 aliphatic carbocycles. The van der Waals surface area contributed by atoms with Gasteiger partial charge in [0.2, 0.25) is 0 Å². The lowest BCUT2D eigenvalue weighted by Crippen LogP contribution is -2.62. The van der Waals surface area contributed by atoms with E-state index in [2.05, 4.69) is 306 Å². The third-order valence-corrected chi connectivity index (χ3v) is 17.4. The zero-order chi connectivity index (χ0) is 51.6. The highest BCUT2D eigenvalue weighted by Crippen LogP contribution is 2.77. The van der Waals surface area contributed by atoms with Crippen molar-refractivity contribution in [2.24, 2.45) is 10.8 Å². The second-order valence-corrected chi connectivity index (χ2v) is 23.2. The van der Waals surface area contributed by atoms with Crippen LogP contribution in [0.2, 0.25) is 0 Å². The molecule has 0 heterocycles. The first-order valence-corrected chi connectivity index (χ1v) is 27.0. The van der Waals surface area contributed by atoms with Crippen LogP contribution in [0.25, 0.3) is 65.3 Å². The van der Waals surface area contributed by atoms with Gasteiger partial charge in [0.25, 0.3) is 0 Å². The van der Waals surface area contributed by atoms with Gasteiger partial charge in [0.05, 0.1) is 11.4 Å². The molecule has 0 aliphatic heterocycles. The van der Waals surface area contributed by atoms with Crippen molar-refractivity contribution in [3.05, 3.63) is 277 Å². The fourth-order valence-corrected chi connectivity index (χ4v) is 14.9. The zero-order valence-corrected chi connectivity index (χ0v) is 44.1. The van der Waals surface area contributed by atoms with Crippen LogP contribution in [0.3, 0.4) is 0 Å². The number of hydrogen-bond acceptors (Lipinski definition) is 2. The van der Waals surface area contributed by atoms with Gasteiger partial charge in [-0.3, -0.25) is 0 Å². The standard InChI is InChI=1S/C74H60N2/c1-71(2,3)73(61-45-43-49-27-19-21-37-55(49)67(61)69-59-41-25-23-39-57(59)65(47-63(69)73)75(51-29-11-7-12-30-51)52-31-13-8-14-32-52)74(72(4,5)6)62-46-44-50-28-20-22-38-56(50)68(62)70-60-42-26-24-40-58(60)66(48-64(70)74)76(53-33-15-9-16-34-53)54-35-17-10-18-36-54/h7-48H,1-6H3. The Labute approximate surface area is 447 Å². The second kappa shape index (κ2) is 16.9. The molecule has 0 bridgehead atoms. The molecule has 2 unspecified atom stereocenters. The molecular formula is C74H60N2. The molecule has 0 saturated carbocycles. The van der Waals surface area contributed by atoms with Crippen molar-refractivity contribution in [3.63, 3.8) is 0 Å². The maximum absolute atomic E-state index is 2.66. The molecule has 2 aliphatic rings. The molecule has 0 N–H and O–H groups in total. The summed E-state index contributed by atoms with van der Waals surface area (Å²) in [7, 11) is 0. The Morgan fingerprint density at radius 2 is 0.513 bits per heavy atom. The summed E-state index contributed by atoms with van der Waals surface area (Å²) in [5.41, 5.74) is 15.3. The fourth-order valence-electron chi connectivity index (χ4n) is 14.9. The largest absolute Gasteiger partial charge is 0.310 e. The molecule has 2 nitrogen and oxygen atoms in total. The number of nitrogens with zero attached hydrogens (tertiary/aromatic N) is 2. The van der Waals surface area contributed by atoms with Gasteiger partial charge in [0.15, 0.2) is 0 Å². The van der Waals surface area contributed by atoms with E-state index in [4.69, 9.17) is 0 Å². The predicted octanol–water partition coefficient (Wildman–Crippen LogP) is 20.6. The normalized spacial score (nSPS) is 16.7. The average Bonchev–Trinajstić information content (AvgIpc) is 3.38. The highest BCUT2D eigenvalue weighted by atomic mass is 15.2. The van der Waals surface area contributed by atoms with E-state index in [0.717, 1.165) is 34.1 Å². The summed E-state index contributed by atoms with van der Waals surface area (Å²) in [6, 6.07) is 96.0. The van der Waals surface area contributed by atoms with E-state index < -0.39 is 21.7 Å². The van der Waals surface area contributed by atoms with Crippen molar-refractivity contribution in [3.8, 4) is 22.3 Å². The van der Waals surface area contributed by atoms with Crippen molar-refractivity contribution < 1.29 is 0 Å². The van der Waals surface area contributed by atoms with Gasteiger partial charge in [-0.25, -0.2) is 0 Å². The summed E-state index contributed by atoms with van der Waals surface area (Å²) < 4.78 is 0. The van der Waals surface area contributed by atoms with Crippen LogP contribution in [0.4, 0.5) is 34.1 Å². The molecule has 366 valence electrons. The highest BCUT2D eigenvalue weighted by Gasteiger charge is 2.71. The van der Waals surface area contributed by atoms with Crippen molar-refractivity contribution in [1.82, 2.24) is 0 Å². The highest BCUT2D eigenvalue weighted by molar-refractivity contribution is 6.19. The topological polar surface area (TPSA) is 6.48 Å². The Morgan fingerprint density at radius 1 is 0.250 bits per heavy atom. The molecule has 0 saturated heterocycles. The molecule has 0 spiro atoms. The molecule has 2 heteroatoms. The molecule has 0 radical (unpaired) electrons. The molecule has 0 amide bonds. The number of hydrogen-bond donors (Lipinski definition) is 0. The van der Waals surface area contributed by atoms with Crippen LogP contribution in [0.1, 0.15) is 63.8 Å². The van der Waals surface area contributed by atoms with Crippen LogP contribution in [0.5, 0.6) is 0 Å². The Hall–Kier alpha value is -8.72. The van der Waals surface area contributed by atoms with E-state index in [0.29, 0.717) is 0 Å². The molecule has 12 aromatic carbocycles. The summed E-state index contributed by atoms with van der Waals surface area (Å²) in [6.45, 7) is 15.3. The molecule has 76 heavy (non-hydrogen) atoms. The van der Waals surface area contributed by atoms with Gasteiger partial charge < -0.3 is 9.80 Å². The minimum atomic E-state index is -0.725. The van der Waals surface area contributed by atoms with Gasteiger partial charge in [0.1, 0.15) is 0 Å². The maximum atomic E-state index is 2.66. The van der Waals surface area contributed by atoms with Gasteiger partial charge >= 0.3 is 0 Å². The molecule has 14 rings (SSSR count). The van der Waals surface area contributed by atoms with E-state index >= 15 is 0 Å². The second-order valence-electron chi connectivity index (χ2n) is 23.2. The van der Waals surface area contributed by atoms with Crippen LogP contribution in [-0.2, 0) is 10.8 Å². The first-order valence-electron chi connectivity index (χ1n) is 27.0. The van der Waals surface area contributed by atoms with Gasteiger partial charge in [-0.1, -0.05) is 236 Å². The van der Waals surface area contributed by atoms with Gasteiger partial charge in [0, 0.05) is 44.4 Å². The van der Waals surface area contributed by atoms with E-state index in [1.807, 2.05) is 0 Å². The molecule has 0 aromatic heterocycles. The van der Waals surface area contributed by atoms with Crippen molar-refractivity contribution in [2.45, 2.75) is 52.4 Å². The van der Waals surface area contributed by atoms with Gasteiger partial charge in [-0.05, 0) is 148 Å². The summed E-state index contributed by atoms with van der Waals surface area (Å²) in [5, 5.41) is 10.0. The number of fused-ring (bicyclic) bond motifs is 14. The van der Waals surface area contributed by atoms with E-state index in [1.165, 1.54) is 87.6 Å². The summed E-state index contributed by atoms with van der Waals surface area (Å²) >= 11 is 0. The minimum absolute atomic E-state index is 0.429. The lowest BCUT2D eigenvalue weighted by molar-refractivity contribution is 0.0596. The number of rotatable bonds is 7. The van der Waals surface area contributed by atoms with Crippen LogP contribution >= 0.6 is 0 Å². The SMILES string of the molecule is CC(C)(C)C1(C2(C(C)(C)C)c3ccc4ccccc4c3-c3c2cc(N(c2ccccc2)c2ccccc2)c2ccccc32)c2ccc3ccccc3c2-c2c1cc(N(c1ccccc1)c1ccccc1)c1ccccc21. The van der Waals surface area contributed by atoms with Crippen LogP contribution in [0.15, 0.2) is 255 Å². The zero-order valence-electron chi connectivity index (χ0n) is 44.1. The van der Waals surface area contributed by atoms with E-state index in [9.17, 15) is 0 Å². The first kappa shape index (κ1) is 45.9. The number of para-hydroxylation sites is 4. The average molecular weight is 977 g/mol. The monoisotopic (exact) mass is 976 g/mol. The lowest BCUT2D eigenvalue weighted by atomic mass is 9.39. The maximum Gasteiger partial charge on any atom is 0.0543 e. The number of anilines is 6. The first-order chi connectivity index (χ1) is 37.0. The Balaban J connectivity index is 1.24. The van der Waals surface area contributed by atoms with Crippen LogP contribution < -0.4 is 9.80 Å². The van der Waals surface area contributed by atoms with Crippen molar-refractivity contribution in [2.75, 3.05) is 9.80 Å². The molecule has 2 atom stereocenters. The Kier molecular flexibility index (Phi) is 10.2. The third kappa shape index (κ3) is 6.22. The Bertz CT molecular complexity index is 3890. The Morgan fingerprint density at radius 3 is 0.829 bits per heavy atom. The minimum Gasteiger partial charge on any atom is -0.310 e. The smallest absolute Gasteiger partial charge is 0.0543 e.